The molecule has 0 amide bonds. The van der Waals surface area contributed by atoms with Gasteiger partial charge in [0.05, 0.1) is 25.0 Å². The van der Waals surface area contributed by atoms with Crippen LogP contribution >= 0.6 is 11.6 Å². The van der Waals surface area contributed by atoms with Crippen LogP contribution in [0.3, 0.4) is 0 Å². The van der Waals surface area contributed by atoms with E-state index in [4.69, 9.17) is 21.2 Å². The molecule has 0 saturated carbocycles. The Bertz CT molecular complexity index is 1090. The van der Waals surface area contributed by atoms with Gasteiger partial charge in [0.25, 0.3) is 0 Å². The summed E-state index contributed by atoms with van der Waals surface area (Å²) in [5.74, 6) is 0. The highest BCUT2D eigenvalue weighted by Crippen LogP contribution is 2.21. The third kappa shape index (κ3) is 7.15. The van der Waals surface area contributed by atoms with Gasteiger partial charge in [-0.05, 0) is 35.7 Å². The van der Waals surface area contributed by atoms with Gasteiger partial charge in [0, 0.05) is 36.6 Å². The van der Waals surface area contributed by atoms with Crippen molar-refractivity contribution in [2.75, 3.05) is 19.7 Å². The van der Waals surface area contributed by atoms with Gasteiger partial charge in [-0.3, -0.25) is 4.90 Å². The van der Waals surface area contributed by atoms with Gasteiger partial charge in [-0.25, -0.2) is 0 Å². The van der Waals surface area contributed by atoms with Gasteiger partial charge in [-0.2, -0.15) is 0 Å². The van der Waals surface area contributed by atoms with Gasteiger partial charge in [0.15, 0.2) is 0 Å². The average Bonchev–Trinajstić information content (AvgIpc) is 3.28. The molecule has 0 saturated heterocycles. The summed E-state index contributed by atoms with van der Waals surface area (Å²) < 4.78 is 5.76. The van der Waals surface area contributed by atoms with Crippen LogP contribution in [0.1, 0.15) is 28.7 Å². The molecule has 3 aromatic carbocycles. The SMILES string of the molecule is Cc1ccccc1C1=NO[C@H](CN(Cc2cccc(Cl)c2)C[C@H](O)COCc2ccccc2)C1. The van der Waals surface area contributed by atoms with Crippen LogP contribution in [0.2, 0.25) is 5.02 Å². The number of aliphatic hydroxyl groups excluding tert-OH is 1. The zero-order chi connectivity index (χ0) is 23.8. The van der Waals surface area contributed by atoms with E-state index in [1.54, 1.807) is 0 Å². The molecular weight excluding hydrogens is 448 g/mol. The number of hydrogen-bond acceptors (Lipinski definition) is 5. The fourth-order valence-corrected chi connectivity index (χ4v) is 4.42. The van der Waals surface area contributed by atoms with Crippen molar-refractivity contribution in [1.82, 2.24) is 4.90 Å². The van der Waals surface area contributed by atoms with Crippen LogP contribution in [0, 0.1) is 6.92 Å². The lowest BCUT2D eigenvalue weighted by molar-refractivity contribution is -0.00648. The summed E-state index contributed by atoms with van der Waals surface area (Å²) in [6.07, 6.45) is 0.0320. The Hall–Kier alpha value is -2.70. The number of aryl methyl sites for hydroxylation is 1. The van der Waals surface area contributed by atoms with E-state index in [1.165, 1.54) is 5.56 Å². The molecule has 1 aliphatic heterocycles. The van der Waals surface area contributed by atoms with Crippen LogP contribution in [0.4, 0.5) is 0 Å². The summed E-state index contributed by atoms with van der Waals surface area (Å²) in [7, 11) is 0. The highest BCUT2D eigenvalue weighted by Gasteiger charge is 2.26. The lowest BCUT2D eigenvalue weighted by atomic mass is 10.00. The van der Waals surface area contributed by atoms with E-state index in [-0.39, 0.29) is 12.7 Å². The monoisotopic (exact) mass is 478 g/mol. The summed E-state index contributed by atoms with van der Waals surface area (Å²) in [4.78, 5) is 7.98. The van der Waals surface area contributed by atoms with Gasteiger partial charge in [-0.15, -0.1) is 0 Å². The van der Waals surface area contributed by atoms with Crippen LogP contribution in [0.15, 0.2) is 84.0 Å². The van der Waals surface area contributed by atoms with E-state index < -0.39 is 6.10 Å². The maximum Gasteiger partial charge on any atom is 0.145 e. The maximum atomic E-state index is 10.7. The largest absolute Gasteiger partial charge is 0.390 e. The number of hydrogen-bond donors (Lipinski definition) is 1. The molecule has 34 heavy (non-hydrogen) atoms. The summed E-state index contributed by atoms with van der Waals surface area (Å²) in [5, 5.41) is 15.8. The van der Waals surface area contributed by atoms with Crippen molar-refractivity contribution >= 4 is 17.3 Å². The predicted molar refractivity (Wildman–Crippen MR) is 136 cm³/mol. The van der Waals surface area contributed by atoms with Crippen molar-refractivity contribution in [2.24, 2.45) is 5.16 Å². The molecule has 3 aromatic rings. The second kappa shape index (κ2) is 12.1. The standard InChI is InChI=1S/C28H31ClN2O3/c1-21-8-5-6-13-27(21)28-15-26(34-30-28)18-31(16-23-11-7-12-24(29)14-23)17-25(32)20-33-19-22-9-3-2-4-10-22/h2-14,25-26,32H,15-20H2,1H3/t25-,26-/m0/s1. The smallest absolute Gasteiger partial charge is 0.145 e. The topological polar surface area (TPSA) is 54.3 Å². The summed E-state index contributed by atoms with van der Waals surface area (Å²) in [6.45, 7) is 4.57. The number of halogens is 1. The number of ether oxygens (including phenoxy) is 1. The lowest BCUT2D eigenvalue weighted by Crippen LogP contribution is -2.39. The summed E-state index contributed by atoms with van der Waals surface area (Å²) >= 11 is 6.20. The van der Waals surface area contributed by atoms with Crippen LogP contribution in [-0.2, 0) is 22.7 Å². The lowest BCUT2D eigenvalue weighted by Gasteiger charge is -2.27. The molecule has 0 aliphatic carbocycles. The molecule has 6 heteroatoms. The average molecular weight is 479 g/mol. The van der Waals surface area contributed by atoms with Crippen LogP contribution in [0.5, 0.6) is 0 Å². The normalized spacial score (nSPS) is 16.4. The van der Waals surface area contributed by atoms with Gasteiger partial charge in [0.1, 0.15) is 6.10 Å². The van der Waals surface area contributed by atoms with Crippen LogP contribution in [-0.4, -0.2) is 47.6 Å². The van der Waals surface area contributed by atoms with Crippen molar-refractivity contribution in [1.29, 1.82) is 0 Å². The van der Waals surface area contributed by atoms with Crippen molar-refractivity contribution in [3.05, 3.63) is 106 Å². The number of aliphatic hydroxyl groups is 1. The van der Waals surface area contributed by atoms with Gasteiger partial charge in [0.2, 0.25) is 0 Å². The molecule has 2 atom stereocenters. The van der Waals surface area contributed by atoms with Crippen molar-refractivity contribution in [3.8, 4) is 0 Å². The van der Waals surface area contributed by atoms with E-state index in [0.717, 1.165) is 28.8 Å². The zero-order valence-electron chi connectivity index (χ0n) is 19.4. The third-order valence-corrected chi connectivity index (χ3v) is 6.07. The molecule has 0 bridgehead atoms. The highest BCUT2D eigenvalue weighted by atomic mass is 35.5. The summed E-state index contributed by atoms with van der Waals surface area (Å²) in [5.41, 5.74) is 5.46. The third-order valence-electron chi connectivity index (χ3n) is 5.84. The molecule has 0 fully saturated rings. The zero-order valence-corrected chi connectivity index (χ0v) is 20.2. The molecule has 1 heterocycles. The highest BCUT2D eigenvalue weighted by molar-refractivity contribution is 6.30. The Morgan fingerprint density at radius 2 is 1.82 bits per heavy atom. The Morgan fingerprint density at radius 3 is 2.62 bits per heavy atom. The van der Waals surface area contributed by atoms with Crippen LogP contribution in [0.25, 0.3) is 0 Å². The Balaban J connectivity index is 1.35. The van der Waals surface area contributed by atoms with E-state index >= 15 is 0 Å². The quantitative estimate of drug-likeness (QED) is 0.410. The molecule has 178 valence electrons. The second-order valence-electron chi connectivity index (χ2n) is 8.76. The Morgan fingerprint density at radius 1 is 1.06 bits per heavy atom. The number of rotatable bonds is 11. The Labute approximate surface area is 206 Å². The molecule has 1 aliphatic rings. The molecule has 0 aromatic heterocycles. The molecule has 1 N–H and O–H groups in total. The van der Waals surface area contributed by atoms with E-state index in [0.29, 0.717) is 31.3 Å². The van der Waals surface area contributed by atoms with E-state index in [2.05, 4.69) is 29.1 Å². The van der Waals surface area contributed by atoms with Gasteiger partial charge in [-0.1, -0.05) is 83.5 Å². The number of benzene rings is 3. The molecule has 0 radical (unpaired) electrons. The minimum absolute atomic E-state index is 0.0776. The molecule has 0 spiro atoms. The minimum atomic E-state index is -0.624. The van der Waals surface area contributed by atoms with Crippen molar-refractivity contribution < 1.29 is 14.7 Å². The van der Waals surface area contributed by atoms with E-state index in [9.17, 15) is 5.11 Å². The first-order valence-corrected chi connectivity index (χ1v) is 12.0. The predicted octanol–water partition coefficient (Wildman–Crippen LogP) is 5.22. The Kier molecular flexibility index (Phi) is 8.72. The fraction of sp³-hybridized carbons (Fsp3) is 0.321. The second-order valence-corrected chi connectivity index (χ2v) is 9.20. The first kappa shape index (κ1) is 24.4. The minimum Gasteiger partial charge on any atom is -0.390 e. The van der Waals surface area contributed by atoms with Gasteiger partial charge >= 0.3 is 0 Å². The maximum absolute atomic E-state index is 10.7. The molecule has 4 rings (SSSR count). The molecular formula is C28H31ClN2O3. The number of oxime groups is 1. The summed E-state index contributed by atoms with van der Waals surface area (Å²) in [6, 6.07) is 26.0. The first-order chi connectivity index (χ1) is 16.6. The van der Waals surface area contributed by atoms with E-state index in [1.807, 2.05) is 66.7 Å². The van der Waals surface area contributed by atoms with Crippen LogP contribution < -0.4 is 0 Å². The molecule has 0 unspecified atom stereocenters. The van der Waals surface area contributed by atoms with Crippen molar-refractivity contribution in [3.63, 3.8) is 0 Å². The number of nitrogens with zero attached hydrogens (tertiary/aromatic N) is 2. The molecule has 5 nitrogen and oxygen atoms in total. The first-order valence-electron chi connectivity index (χ1n) is 11.6. The van der Waals surface area contributed by atoms with Crippen molar-refractivity contribution in [2.45, 2.75) is 38.7 Å². The van der Waals surface area contributed by atoms with Gasteiger partial charge < -0.3 is 14.7 Å². The fourth-order valence-electron chi connectivity index (χ4n) is 4.20.